The summed E-state index contributed by atoms with van der Waals surface area (Å²) < 4.78 is 0. The highest BCUT2D eigenvalue weighted by Gasteiger charge is 2.33. The zero-order valence-corrected chi connectivity index (χ0v) is 12.0. The summed E-state index contributed by atoms with van der Waals surface area (Å²) in [6.45, 7) is 6.01. The van der Waals surface area contributed by atoms with E-state index in [1.807, 2.05) is 38.1 Å². The van der Waals surface area contributed by atoms with Crippen molar-refractivity contribution in [3.8, 4) is 0 Å². The lowest BCUT2D eigenvalue weighted by molar-refractivity contribution is -0.139. The number of aliphatic carboxylic acids is 1. The number of carbonyl (C=O) groups is 1. The highest BCUT2D eigenvalue weighted by molar-refractivity contribution is 7.99. The quantitative estimate of drug-likeness (QED) is 0.777. The van der Waals surface area contributed by atoms with E-state index in [4.69, 9.17) is 10.8 Å². The first kappa shape index (κ1) is 15.1. The molecule has 0 spiro atoms. The van der Waals surface area contributed by atoms with Crippen LogP contribution in [0.15, 0.2) is 29.2 Å². The van der Waals surface area contributed by atoms with E-state index in [2.05, 4.69) is 6.92 Å². The van der Waals surface area contributed by atoms with Gasteiger partial charge in [0, 0.05) is 4.90 Å². The molecule has 0 saturated carbocycles. The summed E-state index contributed by atoms with van der Waals surface area (Å²) in [6, 6.07) is 7.91. The zero-order valence-electron chi connectivity index (χ0n) is 11.1. The summed E-state index contributed by atoms with van der Waals surface area (Å²) in [4.78, 5) is 12.2. The summed E-state index contributed by atoms with van der Waals surface area (Å²) in [7, 11) is 0. The fourth-order valence-corrected chi connectivity index (χ4v) is 2.58. The van der Waals surface area contributed by atoms with Gasteiger partial charge in [0.05, 0.1) is 12.0 Å². The van der Waals surface area contributed by atoms with Crippen molar-refractivity contribution in [3.63, 3.8) is 0 Å². The van der Waals surface area contributed by atoms with E-state index in [0.29, 0.717) is 0 Å². The van der Waals surface area contributed by atoms with Crippen LogP contribution in [0.5, 0.6) is 0 Å². The van der Waals surface area contributed by atoms with Crippen molar-refractivity contribution in [3.05, 3.63) is 29.8 Å². The Morgan fingerprint density at radius 1 is 1.39 bits per heavy atom. The van der Waals surface area contributed by atoms with Crippen LogP contribution in [0.3, 0.4) is 0 Å². The van der Waals surface area contributed by atoms with E-state index in [1.54, 1.807) is 11.8 Å². The van der Waals surface area contributed by atoms with Gasteiger partial charge in [-0.1, -0.05) is 32.9 Å². The lowest BCUT2D eigenvalue weighted by Crippen LogP contribution is -2.43. The zero-order chi connectivity index (χ0) is 13.8. The highest BCUT2D eigenvalue weighted by Crippen LogP contribution is 2.31. The second-order valence-corrected chi connectivity index (χ2v) is 6.06. The lowest BCUT2D eigenvalue weighted by atomic mass is 9.78. The Hall–Kier alpha value is -1.00. The summed E-state index contributed by atoms with van der Waals surface area (Å²) in [5.41, 5.74) is 6.38. The summed E-state index contributed by atoms with van der Waals surface area (Å²) in [5.74, 6) is 0.225. The van der Waals surface area contributed by atoms with E-state index in [0.717, 1.165) is 11.3 Å². The maximum Gasteiger partial charge on any atom is 0.305 e. The van der Waals surface area contributed by atoms with Crippen LogP contribution in [0.4, 0.5) is 0 Å². The molecule has 0 saturated heterocycles. The summed E-state index contributed by atoms with van der Waals surface area (Å²) in [6.07, 6.45) is -0.0507. The van der Waals surface area contributed by atoms with Crippen LogP contribution in [-0.4, -0.2) is 16.8 Å². The van der Waals surface area contributed by atoms with Gasteiger partial charge >= 0.3 is 5.97 Å². The molecular formula is C14H21NO2S. The number of carboxylic acid groups (broad SMARTS) is 1. The molecule has 1 aromatic rings. The Morgan fingerprint density at radius 3 is 2.33 bits per heavy atom. The molecule has 3 nitrogen and oxygen atoms in total. The standard InChI is InChI=1S/C14H21NO2S/c1-4-18-12-7-5-11(6-8-12)14(15,10(2)3)9-13(16)17/h5-8,10H,4,9,15H2,1-3H3,(H,16,17). The van der Waals surface area contributed by atoms with Crippen LogP contribution in [0.1, 0.15) is 32.8 Å². The molecule has 0 bridgehead atoms. The smallest absolute Gasteiger partial charge is 0.305 e. The van der Waals surface area contributed by atoms with Crippen LogP contribution in [0, 0.1) is 5.92 Å². The van der Waals surface area contributed by atoms with Crippen molar-refractivity contribution in [2.75, 3.05) is 5.75 Å². The fourth-order valence-electron chi connectivity index (χ4n) is 1.92. The van der Waals surface area contributed by atoms with Gasteiger partial charge in [0.1, 0.15) is 0 Å². The third-order valence-corrected chi connectivity index (χ3v) is 4.07. The Balaban J connectivity index is 3.02. The fraction of sp³-hybridized carbons (Fsp3) is 0.500. The number of thioether (sulfide) groups is 1. The van der Waals surface area contributed by atoms with Gasteiger partial charge in [-0.05, 0) is 29.4 Å². The normalized spacial score (nSPS) is 14.5. The second-order valence-electron chi connectivity index (χ2n) is 4.72. The molecule has 0 radical (unpaired) electrons. The molecule has 4 heteroatoms. The molecule has 0 fully saturated rings. The first-order chi connectivity index (χ1) is 8.40. The molecule has 0 amide bonds. The van der Waals surface area contributed by atoms with E-state index >= 15 is 0 Å². The number of rotatable bonds is 6. The predicted octanol–water partition coefficient (Wildman–Crippen LogP) is 3.08. The minimum Gasteiger partial charge on any atom is -0.481 e. The molecule has 0 heterocycles. The van der Waals surface area contributed by atoms with Crippen LogP contribution < -0.4 is 5.73 Å². The largest absolute Gasteiger partial charge is 0.481 e. The minimum atomic E-state index is -0.863. The van der Waals surface area contributed by atoms with E-state index in [9.17, 15) is 4.79 Å². The van der Waals surface area contributed by atoms with Gasteiger partial charge in [-0.2, -0.15) is 0 Å². The molecule has 1 unspecified atom stereocenters. The van der Waals surface area contributed by atoms with Gasteiger partial charge < -0.3 is 10.8 Å². The molecule has 18 heavy (non-hydrogen) atoms. The maximum absolute atomic E-state index is 11.0. The average molecular weight is 267 g/mol. The lowest BCUT2D eigenvalue weighted by Gasteiger charge is -2.32. The Labute approximate surface area is 113 Å². The molecule has 1 atom stereocenters. The molecule has 1 rings (SSSR count). The summed E-state index contributed by atoms with van der Waals surface area (Å²) >= 11 is 1.76. The number of carboxylic acids is 1. The van der Waals surface area contributed by atoms with Crippen molar-refractivity contribution in [2.24, 2.45) is 11.7 Å². The van der Waals surface area contributed by atoms with Crippen LogP contribution in [-0.2, 0) is 10.3 Å². The SMILES string of the molecule is CCSc1ccc(C(N)(CC(=O)O)C(C)C)cc1. The van der Waals surface area contributed by atoms with Gasteiger partial charge in [0.15, 0.2) is 0 Å². The second kappa shape index (κ2) is 6.25. The predicted molar refractivity (Wildman–Crippen MR) is 75.8 cm³/mol. The third kappa shape index (κ3) is 3.50. The number of nitrogens with two attached hydrogens (primary N) is 1. The topological polar surface area (TPSA) is 63.3 Å². The van der Waals surface area contributed by atoms with Crippen molar-refractivity contribution < 1.29 is 9.90 Å². The van der Waals surface area contributed by atoms with E-state index < -0.39 is 11.5 Å². The molecule has 0 aromatic heterocycles. The van der Waals surface area contributed by atoms with Crippen molar-refractivity contribution in [2.45, 2.75) is 37.6 Å². The Kier molecular flexibility index (Phi) is 5.23. The number of hydrogen-bond donors (Lipinski definition) is 2. The first-order valence-corrected chi connectivity index (χ1v) is 7.12. The average Bonchev–Trinajstić information content (AvgIpc) is 2.29. The third-order valence-electron chi connectivity index (χ3n) is 3.18. The van der Waals surface area contributed by atoms with E-state index in [-0.39, 0.29) is 12.3 Å². The van der Waals surface area contributed by atoms with Gasteiger partial charge in [-0.15, -0.1) is 11.8 Å². The first-order valence-electron chi connectivity index (χ1n) is 6.14. The molecule has 0 aliphatic carbocycles. The minimum absolute atomic E-state index is 0.0507. The van der Waals surface area contributed by atoms with Crippen molar-refractivity contribution in [1.29, 1.82) is 0 Å². The van der Waals surface area contributed by atoms with Crippen LogP contribution >= 0.6 is 11.8 Å². The van der Waals surface area contributed by atoms with Gasteiger partial charge in [0.25, 0.3) is 0 Å². The Bertz CT molecular complexity index is 403. The number of benzene rings is 1. The molecule has 3 N–H and O–H groups in total. The van der Waals surface area contributed by atoms with Gasteiger partial charge in [-0.3, -0.25) is 4.79 Å². The molecule has 100 valence electrons. The number of hydrogen-bond acceptors (Lipinski definition) is 3. The van der Waals surface area contributed by atoms with Gasteiger partial charge in [-0.25, -0.2) is 0 Å². The highest BCUT2D eigenvalue weighted by atomic mass is 32.2. The van der Waals surface area contributed by atoms with Crippen molar-refractivity contribution >= 4 is 17.7 Å². The molecular weight excluding hydrogens is 246 g/mol. The molecule has 1 aromatic carbocycles. The molecule has 0 aliphatic heterocycles. The Morgan fingerprint density at radius 2 is 1.94 bits per heavy atom. The monoisotopic (exact) mass is 267 g/mol. The van der Waals surface area contributed by atoms with Crippen molar-refractivity contribution in [1.82, 2.24) is 0 Å². The maximum atomic E-state index is 11.0. The van der Waals surface area contributed by atoms with E-state index in [1.165, 1.54) is 4.90 Å². The van der Waals surface area contributed by atoms with Crippen LogP contribution in [0.2, 0.25) is 0 Å². The van der Waals surface area contributed by atoms with Gasteiger partial charge in [0.2, 0.25) is 0 Å². The molecule has 0 aliphatic rings. The van der Waals surface area contributed by atoms with Crippen LogP contribution in [0.25, 0.3) is 0 Å². The summed E-state index contributed by atoms with van der Waals surface area (Å²) in [5, 5.41) is 9.01.